The van der Waals surface area contributed by atoms with Crippen molar-refractivity contribution in [1.29, 1.82) is 0 Å². The Labute approximate surface area is 139 Å². The molecule has 0 bridgehead atoms. The van der Waals surface area contributed by atoms with Crippen LogP contribution in [0.2, 0.25) is 0 Å². The van der Waals surface area contributed by atoms with Gasteiger partial charge in [-0.3, -0.25) is 0 Å². The van der Waals surface area contributed by atoms with Crippen LogP contribution in [0.3, 0.4) is 0 Å². The number of rotatable bonds is 6. The van der Waals surface area contributed by atoms with Gasteiger partial charge >= 0.3 is 0 Å². The second-order valence-corrected chi connectivity index (χ2v) is 7.64. The van der Waals surface area contributed by atoms with Gasteiger partial charge < -0.3 is 4.74 Å². The number of benzene rings is 2. The molecule has 4 nitrogen and oxygen atoms in total. The Bertz CT molecular complexity index is 747. The van der Waals surface area contributed by atoms with E-state index in [9.17, 15) is 8.42 Å². The summed E-state index contributed by atoms with van der Waals surface area (Å²) in [5.41, 5.74) is 1.54. The topological polar surface area (TPSA) is 55.4 Å². The van der Waals surface area contributed by atoms with Gasteiger partial charge in [0.05, 0.1) is 12.9 Å². The van der Waals surface area contributed by atoms with Gasteiger partial charge in [0.1, 0.15) is 5.75 Å². The zero-order valence-corrected chi connectivity index (χ0v) is 14.8. The number of nitrogens with one attached hydrogen (secondary N) is 1. The van der Waals surface area contributed by atoms with E-state index in [0.29, 0.717) is 5.75 Å². The molecule has 0 unspecified atom stereocenters. The first-order valence-corrected chi connectivity index (χ1v) is 9.23. The molecule has 1 N–H and O–H groups in total. The van der Waals surface area contributed by atoms with Gasteiger partial charge in [0.25, 0.3) is 0 Å². The molecule has 2 rings (SSSR count). The maximum atomic E-state index is 12.3. The van der Waals surface area contributed by atoms with E-state index in [2.05, 4.69) is 20.7 Å². The van der Waals surface area contributed by atoms with Gasteiger partial charge in [0.2, 0.25) is 10.0 Å². The largest absolute Gasteiger partial charge is 0.496 e. The molecule has 0 spiro atoms. The highest BCUT2D eigenvalue weighted by molar-refractivity contribution is 9.10. The van der Waals surface area contributed by atoms with Crippen LogP contribution in [0.5, 0.6) is 5.75 Å². The quantitative estimate of drug-likeness (QED) is 0.828. The zero-order chi connectivity index (χ0) is 16.2. The predicted molar refractivity (Wildman–Crippen MR) is 91.3 cm³/mol. The third-order valence-corrected chi connectivity index (χ3v) is 5.13. The number of para-hydroxylation sites is 1. The molecular weight excluding hydrogens is 366 g/mol. The van der Waals surface area contributed by atoms with Crippen molar-refractivity contribution in [2.24, 2.45) is 0 Å². The lowest BCUT2D eigenvalue weighted by Crippen LogP contribution is -2.28. The standard InChI is InChI=1S/C16H18BrNO3S/c1-12(15-8-3-4-9-16(15)21-2)18-22(19,20)11-13-6-5-7-14(17)10-13/h3-10,12,18H,11H2,1-2H3/t12-/m0/s1. The van der Waals surface area contributed by atoms with E-state index in [1.54, 1.807) is 26.2 Å². The number of ether oxygens (including phenoxy) is 1. The fourth-order valence-corrected chi connectivity index (χ4v) is 4.06. The van der Waals surface area contributed by atoms with Crippen molar-refractivity contribution in [2.45, 2.75) is 18.7 Å². The van der Waals surface area contributed by atoms with Crippen LogP contribution < -0.4 is 9.46 Å². The monoisotopic (exact) mass is 383 g/mol. The predicted octanol–water partition coefficient (Wildman–Crippen LogP) is 3.64. The number of hydrogen-bond donors (Lipinski definition) is 1. The molecule has 6 heteroatoms. The summed E-state index contributed by atoms with van der Waals surface area (Å²) in [6, 6.07) is 14.3. The Balaban J connectivity index is 2.14. The summed E-state index contributed by atoms with van der Waals surface area (Å²) in [5, 5.41) is 0. The molecule has 0 amide bonds. The number of hydrogen-bond acceptors (Lipinski definition) is 3. The van der Waals surface area contributed by atoms with Crippen molar-refractivity contribution in [3.05, 3.63) is 64.1 Å². The van der Waals surface area contributed by atoms with Crippen molar-refractivity contribution in [3.8, 4) is 5.75 Å². The molecule has 0 radical (unpaired) electrons. The average molecular weight is 384 g/mol. The molecule has 0 aliphatic rings. The summed E-state index contributed by atoms with van der Waals surface area (Å²) < 4.78 is 33.5. The van der Waals surface area contributed by atoms with E-state index in [1.165, 1.54) is 0 Å². The molecule has 0 aliphatic carbocycles. The molecule has 118 valence electrons. The molecule has 2 aromatic carbocycles. The van der Waals surface area contributed by atoms with E-state index < -0.39 is 10.0 Å². The van der Waals surface area contributed by atoms with Gasteiger partial charge in [-0.05, 0) is 30.7 Å². The summed E-state index contributed by atoms with van der Waals surface area (Å²) in [7, 11) is -1.88. The molecule has 0 saturated heterocycles. The summed E-state index contributed by atoms with van der Waals surface area (Å²) in [6.07, 6.45) is 0. The highest BCUT2D eigenvalue weighted by Crippen LogP contribution is 2.25. The maximum absolute atomic E-state index is 12.3. The van der Waals surface area contributed by atoms with Crippen molar-refractivity contribution < 1.29 is 13.2 Å². The minimum atomic E-state index is -3.45. The maximum Gasteiger partial charge on any atom is 0.216 e. The van der Waals surface area contributed by atoms with Gasteiger partial charge in [0, 0.05) is 16.1 Å². The fraction of sp³-hybridized carbons (Fsp3) is 0.250. The molecule has 0 heterocycles. The van der Waals surface area contributed by atoms with Crippen LogP contribution in [0, 0.1) is 0 Å². The lowest BCUT2D eigenvalue weighted by Gasteiger charge is -2.17. The van der Waals surface area contributed by atoms with Gasteiger partial charge in [-0.15, -0.1) is 0 Å². The molecule has 2 aromatic rings. The fourth-order valence-electron chi connectivity index (χ4n) is 2.24. The molecular formula is C16H18BrNO3S. The Morgan fingerprint density at radius 1 is 1.18 bits per heavy atom. The van der Waals surface area contributed by atoms with E-state index in [-0.39, 0.29) is 11.8 Å². The van der Waals surface area contributed by atoms with Crippen LogP contribution in [0.15, 0.2) is 53.0 Å². The van der Waals surface area contributed by atoms with Crippen LogP contribution in [-0.2, 0) is 15.8 Å². The second-order valence-electron chi connectivity index (χ2n) is 4.97. The smallest absolute Gasteiger partial charge is 0.216 e. The molecule has 0 aromatic heterocycles. The first kappa shape index (κ1) is 17.0. The zero-order valence-electron chi connectivity index (χ0n) is 12.4. The minimum Gasteiger partial charge on any atom is -0.496 e. The average Bonchev–Trinajstić information content (AvgIpc) is 2.46. The first-order valence-electron chi connectivity index (χ1n) is 6.78. The first-order chi connectivity index (χ1) is 10.4. The van der Waals surface area contributed by atoms with E-state index in [1.807, 2.05) is 36.4 Å². The van der Waals surface area contributed by atoms with Crippen molar-refractivity contribution in [3.63, 3.8) is 0 Å². The van der Waals surface area contributed by atoms with Crippen LogP contribution in [0.1, 0.15) is 24.1 Å². The van der Waals surface area contributed by atoms with Crippen LogP contribution in [0.25, 0.3) is 0 Å². The molecule has 0 saturated carbocycles. The molecule has 0 aliphatic heterocycles. The van der Waals surface area contributed by atoms with Gasteiger partial charge in [0.15, 0.2) is 0 Å². The lowest BCUT2D eigenvalue weighted by atomic mass is 10.1. The van der Waals surface area contributed by atoms with Gasteiger partial charge in [-0.1, -0.05) is 46.3 Å². The third-order valence-electron chi connectivity index (χ3n) is 3.21. The lowest BCUT2D eigenvalue weighted by molar-refractivity contribution is 0.405. The highest BCUT2D eigenvalue weighted by Gasteiger charge is 2.19. The van der Waals surface area contributed by atoms with Crippen molar-refractivity contribution >= 4 is 26.0 Å². The van der Waals surface area contributed by atoms with Gasteiger partial charge in [-0.2, -0.15) is 0 Å². The summed E-state index contributed by atoms with van der Waals surface area (Å²) in [4.78, 5) is 0. The summed E-state index contributed by atoms with van der Waals surface area (Å²) >= 11 is 3.34. The van der Waals surface area contributed by atoms with Crippen LogP contribution in [-0.4, -0.2) is 15.5 Å². The summed E-state index contributed by atoms with van der Waals surface area (Å²) in [6.45, 7) is 1.80. The number of sulfonamides is 1. The normalized spacial score (nSPS) is 12.9. The molecule has 22 heavy (non-hydrogen) atoms. The highest BCUT2D eigenvalue weighted by atomic mass is 79.9. The van der Waals surface area contributed by atoms with Crippen LogP contribution >= 0.6 is 15.9 Å². The number of halogens is 1. The minimum absolute atomic E-state index is 0.0636. The van der Waals surface area contributed by atoms with Crippen molar-refractivity contribution in [1.82, 2.24) is 4.72 Å². The Morgan fingerprint density at radius 3 is 2.59 bits per heavy atom. The third kappa shape index (κ3) is 4.56. The van der Waals surface area contributed by atoms with Gasteiger partial charge in [-0.25, -0.2) is 13.1 Å². The molecule has 1 atom stereocenters. The van der Waals surface area contributed by atoms with Crippen LogP contribution in [0.4, 0.5) is 0 Å². The Kier molecular flexibility index (Phi) is 5.61. The van der Waals surface area contributed by atoms with E-state index >= 15 is 0 Å². The van der Waals surface area contributed by atoms with E-state index in [0.717, 1.165) is 15.6 Å². The summed E-state index contributed by atoms with van der Waals surface area (Å²) in [5.74, 6) is 0.603. The van der Waals surface area contributed by atoms with E-state index in [4.69, 9.17) is 4.74 Å². The SMILES string of the molecule is COc1ccccc1[C@H](C)NS(=O)(=O)Cc1cccc(Br)c1. The number of methoxy groups -OCH3 is 1. The Morgan fingerprint density at radius 2 is 1.91 bits per heavy atom. The second kappa shape index (κ2) is 7.26. The Hall–Kier alpha value is -1.37. The van der Waals surface area contributed by atoms with Crippen molar-refractivity contribution in [2.75, 3.05) is 7.11 Å². The molecule has 0 fully saturated rings.